The molecule has 9 heteroatoms. The molecular formula is C18H12FN5O3. The van der Waals surface area contributed by atoms with Crippen LogP contribution in [0.2, 0.25) is 0 Å². The molecule has 0 atom stereocenters. The van der Waals surface area contributed by atoms with Crippen LogP contribution in [0.25, 0.3) is 28.7 Å². The Hall–Kier alpha value is -3.75. The third-order valence-corrected chi connectivity index (χ3v) is 4.23. The Morgan fingerprint density at radius 3 is 2.81 bits per heavy atom. The van der Waals surface area contributed by atoms with Crippen molar-refractivity contribution in [1.82, 2.24) is 25.1 Å². The average molecular weight is 365 g/mol. The summed E-state index contributed by atoms with van der Waals surface area (Å²) < 4.78 is 31.4. The third kappa shape index (κ3) is 2.51. The first kappa shape index (κ1) is 15.5. The molecule has 1 aliphatic heterocycles. The fraction of sp³-hybridized carbons (Fsp3) is 0.111. The molecule has 0 bridgehead atoms. The second kappa shape index (κ2) is 5.90. The predicted octanol–water partition coefficient (Wildman–Crippen LogP) is 3.16. The fourth-order valence-corrected chi connectivity index (χ4v) is 2.85. The number of benzene rings is 2. The highest BCUT2D eigenvalue weighted by Gasteiger charge is 2.21. The van der Waals surface area contributed by atoms with Crippen LogP contribution in [0, 0.1) is 12.7 Å². The Morgan fingerprint density at radius 1 is 1.07 bits per heavy atom. The van der Waals surface area contributed by atoms with Crippen LogP contribution in [0.15, 0.2) is 47.0 Å². The van der Waals surface area contributed by atoms with Crippen molar-refractivity contribution in [3.05, 3.63) is 54.0 Å². The van der Waals surface area contributed by atoms with Gasteiger partial charge in [-0.2, -0.15) is 4.98 Å². The lowest BCUT2D eigenvalue weighted by Crippen LogP contribution is -2.01. The zero-order valence-electron chi connectivity index (χ0n) is 14.1. The van der Waals surface area contributed by atoms with Gasteiger partial charge in [0.25, 0.3) is 5.89 Å². The first-order valence-corrected chi connectivity index (χ1v) is 8.12. The van der Waals surface area contributed by atoms with Crippen molar-refractivity contribution in [3.63, 3.8) is 0 Å². The van der Waals surface area contributed by atoms with Crippen molar-refractivity contribution >= 4 is 0 Å². The van der Waals surface area contributed by atoms with Gasteiger partial charge in [0, 0.05) is 5.56 Å². The van der Waals surface area contributed by atoms with E-state index < -0.39 is 5.82 Å². The molecule has 0 radical (unpaired) electrons. The number of ether oxygens (including phenoxy) is 2. The van der Waals surface area contributed by atoms with Crippen molar-refractivity contribution in [3.8, 4) is 40.2 Å². The number of rotatable bonds is 3. The Balaban J connectivity index is 1.51. The van der Waals surface area contributed by atoms with Crippen molar-refractivity contribution in [1.29, 1.82) is 0 Å². The van der Waals surface area contributed by atoms with Gasteiger partial charge in [-0.05, 0) is 37.3 Å². The van der Waals surface area contributed by atoms with E-state index in [0.717, 1.165) is 0 Å². The van der Waals surface area contributed by atoms with Crippen LogP contribution < -0.4 is 9.47 Å². The highest BCUT2D eigenvalue weighted by atomic mass is 19.1. The summed E-state index contributed by atoms with van der Waals surface area (Å²) in [4.78, 5) is 4.38. The molecule has 3 heterocycles. The number of aromatic nitrogens is 5. The maximum absolute atomic E-state index is 14.0. The van der Waals surface area contributed by atoms with Crippen LogP contribution in [0.3, 0.4) is 0 Å². The molecule has 0 N–H and O–H groups in total. The molecule has 0 spiro atoms. The van der Waals surface area contributed by atoms with Crippen molar-refractivity contribution in [2.45, 2.75) is 6.92 Å². The van der Waals surface area contributed by atoms with Gasteiger partial charge >= 0.3 is 0 Å². The van der Waals surface area contributed by atoms with Gasteiger partial charge in [-0.3, -0.25) is 0 Å². The van der Waals surface area contributed by atoms with E-state index in [1.165, 1.54) is 10.7 Å². The van der Waals surface area contributed by atoms with Crippen LogP contribution in [0.5, 0.6) is 11.5 Å². The van der Waals surface area contributed by atoms with Gasteiger partial charge < -0.3 is 14.0 Å². The second-order valence-corrected chi connectivity index (χ2v) is 5.88. The van der Waals surface area contributed by atoms with Crippen LogP contribution in [-0.2, 0) is 0 Å². The minimum atomic E-state index is -0.399. The molecule has 0 saturated carbocycles. The zero-order chi connectivity index (χ0) is 18.4. The molecule has 0 amide bonds. The van der Waals surface area contributed by atoms with E-state index in [9.17, 15) is 4.39 Å². The number of nitrogens with zero attached hydrogens (tertiary/aromatic N) is 5. The van der Waals surface area contributed by atoms with E-state index in [2.05, 4.69) is 20.5 Å². The zero-order valence-corrected chi connectivity index (χ0v) is 14.1. The maximum Gasteiger partial charge on any atom is 0.280 e. The van der Waals surface area contributed by atoms with E-state index in [1.807, 2.05) is 6.07 Å². The molecule has 0 saturated heterocycles. The SMILES string of the molecule is Cc1c(-c2nc(-c3ccc4c(c3)OCO4)no2)nnn1-c1ccccc1F. The molecule has 2 aromatic heterocycles. The predicted molar refractivity (Wildman–Crippen MR) is 90.9 cm³/mol. The van der Waals surface area contributed by atoms with Gasteiger partial charge in [-0.25, -0.2) is 9.07 Å². The minimum Gasteiger partial charge on any atom is -0.454 e. The summed E-state index contributed by atoms with van der Waals surface area (Å²) in [6.07, 6.45) is 0. The Bertz CT molecular complexity index is 1150. The average Bonchev–Trinajstić information content (AvgIpc) is 3.40. The highest BCUT2D eigenvalue weighted by molar-refractivity contribution is 5.63. The first-order chi connectivity index (χ1) is 13.2. The van der Waals surface area contributed by atoms with Crippen LogP contribution in [-0.4, -0.2) is 31.9 Å². The number of hydrogen-bond acceptors (Lipinski definition) is 7. The summed E-state index contributed by atoms with van der Waals surface area (Å²) in [5.74, 6) is 1.47. The van der Waals surface area contributed by atoms with E-state index in [0.29, 0.717) is 40.0 Å². The molecule has 0 aliphatic carbocycles. The highest BCUT2D eigenvalue weighted by Crippen LogP contribution is 2.35. The van der Waals surface area contributed by atoms with Gasteiger partial charge in [0.15, 0.2) is 17.2 Å². The molecule has 27 heavy (non-hydrogen) atoms. The topological polar surface area (TPSA) is 88.1 Å². The molecule has 4 aromatic rings. The second-order valence-electron chi connectivity index (χ2n) is 5.88. The number of halogens is 1. The van der Waals surface area contributed by atoms with Gasteiger partial charge in [-0.1, -0.05) is 22.5 Å². The largest absolute Gasteiger partial charge is 0.454 e. The molecule has 8 nitrogen and oxygen atoms in total. The number of hydrogen-bond donors (Lipinski definition) is 0. The van der Waals surface area contributed by atoms with Crippen molar-refractivity contribution in [2.75, 3.05) is 6.79 Å². The quantitative estimate of drug-likeness (QED) is 0.551. The summed E-state index contributed by atoms with van der Waals surface area (Å²) >= 11 is 0. The van der Waals surface area contributed by atoms with Gasteiger partial charge in [0.2, 0.25) is 12.6 Å². The fourth-order valence-electron chi connectivity index (χ4n) is 2.85. The van der Waals surface area contributed by atoms with Crippen LogP contribution in [0.1, 0.15) is 5.69 Å². The van der Waals surface area contributed by atoms with E-state index in [4.69, 9.17) is 14.0 Å². The molecule has 2 aromatic carbocycles. The monoisotopic (exact) mass is 365 g/mol. The summed E-state index contributed by atoms with van der Waals surface area (Å²) in [6, 6.07) is 11.7. The Kier molecular flexibility index (Phi) is 3.39. The summed E-state index contributed by atoms with van der Waals surface area (Å²) in [5, 5.41) is 12.1. The molecule has 0 fully saturated rings. The van der Waals surface area contributed by atoms with Gasteiger partial charge in [0.05, 0.1) is 5.69 Å². The smallest absolute Gasteiger partial charge is 0.280 e. The maximum atomic E-state index is 14.0. The molecular weight excluding hydrogens is 353 g/mol. The third-order valence-electron chi connectivity index (χ3n) is 4.23. The van der Waals surface area contributed by atoms with Crippen molar-refractivity contribution < 1.29 is 18.4 Å². The number of fused-ring (bicyclic) bond motifs is 1. The van der Waals surface area contributed by atoms with Crippen molar-refractivity contribution in [2.24, 2.45) is 0 Å². The number of para-hydroxylation sites is 1. The summed E-state index contributed by atoms with van der Waals surface area (Å²) in [7, 11) is 0. The molecule has 0 unspecified atom stereocenters. The van der Waals surface area contributed by atoms with E-state index in [-0.39, 0.29) is 12.7 Å². The van der Waals surface area contributed by atoms with E-state index >= 15 is 0 Å². The molecule has 134 valence electrons. The van der Waals surface area contributed by atoms with Gasteiger partial charge in [-0.15, -0.1) is 5.10 Å². The molecule has 1 aliphatic rings. The standard InChI is InChI=1S/C18H12FN5O3/c1-10-16(21-23-24(10)13-5-3-2-4-12(13)19)18-20-17(22-27-18)11-6-7-14-15(8-11)26-9-25-14/h2-8H,9H2,1H3. The lowest BCUT2D eigenvalue weighted by atomic mass is 10.2. The van der Waals surface area contributed by atoms with Crippen LogP contribution >= 0.6 is 0 Å². The Labute approximate surface area is 152 Å². The summed E-state index contributed by atoms with van der Waals surface area (Å²) in [5.41, 5.74) is 1.98. The van der Waals surface area contributed by atoms with Crippen LogP contribution in [0.4, 0.5) is 4.39 Å². The first-order valence-electron chi connectivity index (χ1n) is 8.12. The van der Waals surface area contributed by atoms with Gasteiger partial charge in [0.1, 0.15) is 11.5 Å². The lowest BCUT2D eigenvalue weighted by Gasteiger charge is -2.03. The Morgan fingerprint density at radius 2 is 1.93 bits per heavy atom. The van der Waals surface area contributed by atoms with E-state index in [1.54, 1.807) is 37.3 Å². The minimum absolute atomic E-state index is 0.189. The lowest BCUT2D eigenvalue weighted by molar-refractivity contribution is 0.174. The normalized spacial score (nSPS) is 12.5. The summed E-state index contributed by atoms with van der Waals surface area (Å²) in [6.45, 7) is 1.95. The molecule has 5 rings (SSSR count).